The summed E-state index contributed by atoms with van der Waals surface area (Å²) in [5.41, 5.74) is -1.63. The second-order valence-corrected chi connectivity index (χ2v) is 5.05. The lowest BCUT2D eigenvalue weighted by Crippen LogP contribution is -2.08. The molecule has 0 fully saturated rings. The predicted octanol–water partition coefficient (Wildman–Crippen LogP) is 0.592. The van der Waals surface area contributed by atoms with E-state index in [1.807, 2.05) is 0 Å². The van der Waals surface area contributed by atoms with Crippen LogP contribution in [0.25, 0.3) is 11.0 Å². The summed E-state index contributed by atoms with van der Waals surface area (Å²) in [6, 6.07) is 3.94. The van der Waals surface area contributed by atoms with Crippen LogP contribution in [-0.2, 0) is 15.9 Å². The molecule has 0 radical (unpaired) electrons. The highest BCUT2D eigenvalue weighted by atomic mass is 32.2. The minimum absolute atomic E-state index is 0.0866. The van der Waals surface area contributed by atoms with E-state index < -0.39 is 32.8 Å². The van der Waals surface area contributed by atoms with Crippen LogP contribution in [0.5, 0.6) is 11.5 Å². The number of phenolic OH excluding ortho intramolecular Hbond substituents is 1. The minimum Gasteiger partial charge on any atom is -0.507 e. The number of benzene rings is 1. The van der Waals surface area contributed by atoms with Gasteiger partial charge in [0.25, 0.3) is 10.1 Å². The molecule has 0 amide bonds. The van der Waals surface area contributed by atoms with E-state index in [0.29, 0.717) is 0 Å². The van der Waals surface area contributed by atoms with Gasteiger partial charge >= 0.3 is 5.63 Å². The lowest BCUT2D eigenvalue weighted by Gasteiger charge is -2.07. The molecule has 2 rings (SSSR count). The van der Waals surface area contributed by atoms with Crippen LogP contribution < -0.4 is 5.63 Å². The van der Waals surface area contributed by atoms with Crippen LogP contribution >= 0.6 is 0 Å². The fraction of sp³-hybridized carbons (Fsp3) is 0.100. The molecule has 18 heavy (non-hydrogen) atoms. The van der Waals surface area contributed by atoms with Gasteiger partial charge in [0.2, 0.25) is 5.75 Å². The van der Waals surface area contributed by atoms with Gasteiger partial charge in [-0.2, -0.15) is 8.42 Å². The third-order valence-corrected chi connectivity index (χ3v) is 2.97. The first kappa shape index (κ1) is 12.4. The van der Waals surface area contributed by atoms with E-state index in [1.165, 1.54) is 18.2 Å². The SMILES string of the molecule is O=c1oc2cccc(O)c2c(CS(=O)(=O)O)c1O. The molecule has 0 saturated heterocycles. The number of rotatable bonds is 2. The molecule has 1 heterocycles. The minimum atomic E-state index is -4.48. The van der Waals surface area contributed by atoms with Gasteiger partial charge in [-0.05, 0) is 12.1 Å². The third kappa shape index (κ3) is 2.15. The van der Waals surface area contributed by atoms with Crippen LogP contribution in [0, 0.1) is 0 Å². The van der Waals surface area contributed by atoms with Gasteiger partial charge in [0.1, 0.15) is 17.1 Å². The zero-order valence-electron chi connectivity index (χ0n) is 8.82. The number of hydrogen-bond acceptors (Lipinski definition) is 6. The average molecular weight is 272 g/mol. The Morgan fingerprint density at radius 2 is 1.89 bits per heavy atom. The normalized spacial score (nSPS) is 11.8. The van der Waals surface area contributed by atoms with Crippen molar-refractivity contribution < 1.29 is 27.6 Å². The largest absolute Gasteiger partial charge is 0.507 e. The van der Waals surface area contributed by atoms with Crippen molar-refractivity contribution in [1.82, 2.24) is 0 Å². The van der Waals surface area contributed by atoms with E-state index in [4.69, 9.17) is 4.55 Å². The van der Waals surface area contributed by atoms with Gasteiger partial charge in [0.05, 0.1) is 5.39 Å². The van der Waals surface area contributed by atoms with Gasteiger partial charge in [-0.1, -0.05) is 6.07 Å². The van der Waals surface area contributed by atoms with Gasteiger partial charge in [-0.15, -0.1) is 0 Å². The van der Waals surface area contributed by atoms with E-state index in [1.54, 1.807) is 0 Å². The van der Waals surface area contributed by atoms with Gasteiger partial charge < -0.3 is 14.6 Å². The molecule has 1 aromatic heterocycles. The molecule has 0 spiro atoms. The molecule has 1 aromatic carbocycles. The van der Waals surface area contributed by atoms with Gasteiger partial charge in [0.15, 0.2) is 0 Å². The lowest BCUT2D eigenvalue weighted by molar-refractivity contribution is 0.419. The Kier molecular flexibility index (Phi) is 2.76. The highest BCUT2D eigenvalue weighted by molar-refractivity contribution is 7.85. The number of fused-ring (bicyclic) bond motifs is 1. The van der Waals surface area contributed by atoms with E-state index in [-0.39, 0.29) is 16.7 Å². The fourth-order valence-electron chi connectivity index (χ4n) is 1.62. The molecular formula is C10H8O7S. The van der Waals surface area contributed by atoms with Gasteiger partial charge in [-0.25, -0.2) is 4.79 Å². The Balaban J connectivity index is 2.92. The van der Waals surface area contributed by atoms with Crippen LogP contribution in [-0.4, -0.2) is 23.2 Å². The van der Waals surface area contributed by atoms with Crippen molar-refractivity contribution in [2.75, 3.05) is 0 Å². The fourth-order valence-corrected chi connectivity index (χ4v) is 2.27. The van der Waals surface area contributed by atoms with Crippen LogP contribution in [0.3, 0.4) is 0 Å². The molecule has 0 aliphatic heterocycles. The maximum Gasteiger partial charge on any atom is 0.379 e. The van der Waals surface area contributed by atoms with Crippen molar-refractivity contribution >= 4 is 21.1 Å². The summed E-state index contributed by atoms with van der Waals surface area (Å²) in [6.07, 6.45) is 0. The number of phenols is 1. The first-order valence-electron chi connectivity index (χ1n) is 4.71. The predicted molar refractivity (Wildman–Crippen MR) is 61.1 cm³/mol. The quantitative estimate of drug-likeness (QED) is 0.539. The zero-order valence-corrected chi connectivity index (χ0v) is 9.64. The lowest BCUT2D eigenvalue weighted by atomic mass is 10.1. The summed E-state index contributed by atoms with van der Waals surface area (Å²) in [5, 5.41) is 19.0. The maximum atomic E-state index is 11.3. The summed E-state index contributed by atoms with van der Waals surface area (Å²) >= 11 is 0. The van der Waals surface area contributed by atoms with Crippen LogP contribution in [0.1, 0.15) is 5.56 Å². The molecule has 0 bridgehead atoms. The zero-order chi connectivity index (χ0) is 13.5. The third-order valence-electron chi connectivity index (χ3n) is 2.31. The number of aromatic hydroxyl groups is 2. The monoisotopic (exact) mass is 272 g/mol. The smallest absolute Gasteiger partial charge is 0.379 e. The Morgan fingerprint density at radius 3 is 2.50 bits per heavy atom. The number of hydrogen-bond donors (Lipinski definition) is 3. The van der Waals surface area contributed by atoms with Gasteiger partial charge in [-0.3, -0.25) is 4.55 Å². The van der Waals surface area contributed by atoms with Crippen molar-refractivity contribution in [3.63, 3.8) is 0 Å². The van der Waals surface area contributed by atoms with Crippen LogP contribution in [0.15, 0.2) is 27.4 Å². The molecule has 2 aromatic rings. The highest BCUT2D eigenvalue weighted by Gasteiger charge is 2.20. The summed E-state index contributed by atoms with van der Waals surface area (Å²) in [5.74, 6) is -2.33. The molecule has 0 unspecified atom stereocenters. The molecule has 0 aliphatic rings. The molecule has 96 valence electrons. The molecule has 7 nitrogen and oxygen atoms in total. The molecule has 8 heteroatoms. The van der Waals surface area contributed by atoms with Crippen molar-refractivity contribution in [3.05, 3.63) is 34.2 Å². The van der Waals surface area contributed by atoms with E-state index >= 15 is 0 Å². The van der Waals surface area contributed by atoms with Crippen molar-refractivity contribution in [2.24, 2.45) is 0 Å². The second kappa shape index (κ2) is 4.00. The molecular weight excluding hydrogens is 264 g/mol. The average Bonchev–Trinajstić information content (AvgIpc) is 2.23. The van der Waals surface area contributed by atoms with Crippen LogP contribution in [0.4, 0.5) is 0 Å². The first-order valence-corrected chi connectivity index (χ1v) is 6.32. The Hall–Kier alpha value is -2.06. The summed E-state index contributed by atoms with van der Waals surface area (Å²) in [4.78, 5) is 11.3. The Labute approximate surface area is 101 Å². The Morgan fingerprint density at radius 1 is 1.22 bits per heavy atom. The Bertz CT molecular complexity index is 773. The van der Waals surface area contributed by atoms with Crippen molar-refractivity contribution in [1.29, 1.82) is 0 Å². The topological polar surface area (TPSA) is 125 Å². The highest BCUT2D eigenvalue weighted by Crippen LogP contribution is 2.32. The van der Waals surface area contributed by atoms with Crippen LogP contribution in [0.2, 0.25) is 0 Å². The van der Waals surface area contributed by atoms with Crippen molar-refractivity contribution in [3.8, 4) is 11.5 Å². The second-order valence-electron chi connectivity index (χ2n) is 3.59. The molecule has 0 aliphatic carbocycles. The summed E-state index contributed by atoms with van der Waals surface area (Å²) < 4.78 is 35.2. The molecule has 0 saturated carbocycles. The standard InChI is InChI=1S/C10H8O7S/c11-6-2-1-3-7-8(6)5(4-18(14,15)16)9(12)10(13)17-7/h1-3,11-12H,4H2,(H,14,15,16). The first-order chi connectivity index (χ1) is 8.29. The van der Waals surface area contributed by atoms with E-state index in [9.17, 15) is 23.4 Å². The molecule has 0 atom stereocenters. The summed E-state index contributed by atoms with van der Waals surface area (Å²) in [6.45, 7) is 0. The van der Waals surface area contributed by atoms with Gasteiger partial charge in [0, 0.05) is 5.56 Å². The maximum absolute atomic E-state index is 11.3. The molecule has 3 N–H and O–H groups in total. The van der Waals surface area contributed by atoms with E-state index in [2.05, 4.69) is 4.42 Å². The van der Waals surface area contributed by atoms with Crippen molar-refractivity contribution in [2.45, 2.75) is 5.75 Å². The summed E-state index contributed by atoms with van der Waals surface area (Å²) in [7, 11) is -4.48. The van der Waals surface area contributed by atoms with E-state index in [0.717, 1.165) is 0 Å².